The van der Waals surface area contributed by atoms with Gasteiger partial charge in [-0.25, -0.2) is 9.97 Å². The molecule has 7 nitrogen and oxygen atoms in total. The molecule has 1 N–H and O–H groups in total. The second kappa shape index (κ2) is 6.79. The number of hydrogen-bond donors (Lipinski definition) is 1. The van der Waals surface area contributed by atoms with Gasteiger partial charge in [0.15, 0.2) is 17.2 Å². The molecule has 0 saturated heterocycles. The lowest BCUT2D eigenvalue weighted by molar-refractivity contribution is -0.137. The first-order chi connectivity index (χ1) is 13.3. The minimum Gasteiger partial charge on any atom is -0.422 e. The average molecular weight is 409 g/mol. The Morgan fingerprint density at radius 3 is 2.75 bits per heavy atom. The van der Waals surface area contributed by atoms with E-state index in [1.165, 1.54) is 11.0 Å². The molecule has 0 aliphatic heterocycles. The second-order valence-corrected chi connectivity index (χ2v) is 6.31. The van der Waals surface area contributed by atoms with Crippen LogP contribution in [-0.2, 0) is 6.18 Å². The van der Waals surface area contributed by atoms with Crippen molar-refractivity contribution < 1.29 is 17.6 Å². The molecule has 0 fully saturated rings. The van der Waals surface area contributed by atoms with Crippen molar-refractivity contribution in [2.45, 2.75) is 19.1 Å². The summed E-state index contributed by atoms with van der Waals surface area (Å²) in [5.74, 6) is 1.09. The number of halogens is 4. The van der Waals surface area contributed by atoms with Crippen molar-refractivity contribution >= 4 is 28.7 Å². The summed E-state index contributed by atoms with van der Waals surface area (Å²) in [6.45, 7) is 1.78. The maximum absolute atomic E-state index is 12.9. The van der Waals surface area contributed by atoms with Gasteiger partial charge in [-0.3, -0.25) is 0 Å². The van der Waals surface area contributed by atoms with Gasteiger partial charge >= 0.3 is 6.18 Å². The number of aromatic nitrogens is 5. The molecule has 0 saturated carbocycles. The van der Waals surface area contributed by atoms with Crippen molar-refractivity contribution in [2.75, 3.05) is 5.32 Å². The number of hydrogen-bond acceptors (Lipinski definition) is 6. The molecule has 144 valence electrons. The van der Waals surface area contributed by atoms with Crippen molar-refractivity contribution in [3.8, 4) is 5.82 Å². The smallest absolute Gasteiger partial charge is 0.416 e. The van der Waals surface area contributed by atoms with Crippen molar-refractivity contribution in [1.29, 1.82) is 0 Å². The molecule has 1 atom stereocenters. The molecule has 0 bridgehead atoms. The summed E-state index contributed by atoms with van der Waals surface area (Å²) in [6, 6.07) is 6.63. The van der Waals surface area contributed by atoms with Crippen LogP contribution in [0.2, 0.25) is 5.02 Å². The van der Waals surface area contributed by atoms with Crippen LogP contribution in [0.4, 0.5) is 19.2 Å². The van der Waals surface area contributed by atoms with E-state index in [-0.39, 0.29) is 22.1 Å². The molecule has 3 aromatic heterocycles. The van der Waals surface area contributed by atoms with E-state index in [4.69, 9.17) is 16.0 Å². The highest BCUT2D eigenvalue weighted by molar-refractivity contribution is 6.34. The molecule has 0 aliphatic carbocycles. The maximum Gasteiger partial charge on any atom is 0.416 e. The number of pyridine rings is 1. The van der Waals surface area contributed by atoms with Gasteiger partial charge < -0.3 is 9.73 Å². The van der Waals surface area contributed by atoms with Gasteiger partial charge in [0.1, 0.15) is 11.8 Å². The normalized spacial score (nSPS) is 13.0. The fourth-order valence-electron chi connectivity index (χ4n) is 2.67. The van der Waals surface area contributed by atoms with Gasteiger partial charge in [0, 0.05) is 6.20 Å². The molecule has 0 amide bonds. The highest BCUT2D eigenvalue weighted by atomic mass is 35.5. The fraction of sp³-hybridized carbons (Fsp3) is 0.176. The lowest BCUT2D eigenvalue weighted by Crippen LogP contribution is -2.14. The van der Waals surface area contributed by atoms with E-state index in [0.29, 0.717) is 11.6 Å². The Labute approximate surface area is 161 Å². The van der Waals surface area contributed by atoms with Crippen LogP contribution >= 0.6 is 11.6 Å². The van der Waals surface area contributed by atoms with Crippen LogP contribution in [0.3, 0.4) is 0 Å². The number of alkyl halides is 3. The van der Waals surface area contributed by atoms with Crippen molar-refractivity contribution in [1.82, 2.24) is 24.7 Å². The van der Waals surface area contributed by atoms with Gasteiger partial charge in [0.25, 0.3) is 6.01 Å². The third kappa shape index (κ3) is 3.38. The van der Waals surface area contributed by atoms with Crippen molar-refractivity contribution in [2.24, 2.45) is 0 Å². The number of anilines is 1. The van der Waals surface area contributed by atoms with Crippen molar-refractivity contribution in [3.63, 3.8) is 0 Å². The molecular formula is C17H12ClF3N6O. The number of benzene rings is 1. The minimum absolute atomic E-state index is 0.000665. The summed E-state index contributed by atoms with van der Waals surface area (Å²) in [5.41, 5.74) is -0.830. The first kappa shape index (κ1) is 18.2. The lowest BCUT2D eigenvalue weighted by atomic mass is 10.2. The Kier molecular flexibility index (Phi) is 4.42. The first-order valence-corrected chi connectivity index (χ1v) is 8.46. The SMILES string of the molecule is C[C@H](Nc1nc2cc(C(F)(F)F)cc(Cl)c2o1)c1ncnn1-c1ccccn1. The number of rotatable bonds is 4. The lowest BCUT2D eigenvalue weighted by Gasteiger charge is -2.12. The van der Waals surface area contributed by atoms with E-state index in [1.807, 2.05) is 6.07 Å². The number of nitrogens with zero attached hydrogens (tertiary/aromatic N) is 5. The largest absolute Gasteiger partial charge is 0.422 e. The third-order valence-corrected chi connectivity index (χ3v) is 4.22. The van der Waals surface area contributed by atoms with Crippen molar-refractivity contribution in [3.05, 3.63) is 59.3 Å². The predicted molar refractivity (Wildman–Crippen MR) is 95.2 cm³/mol. The Morgan fingerprint density at radius 2 is 2.04 bits per heavy atom. The van der Waals surface area contributed by atoms with E-state index in [1.54, 1.807) is 25.3 Å². The zero-order valence-corrected chi connectivity index (χ0v) is 15.0. The average Bonchev–Trinajstić information content (AvgIpc) is 3.28. The van der Waals surface area contributed by atoms with Crippen LogP contribution in [-0.4, -0.2) is 24.7 Å². The van der Waals surface area contributed by atoms with Crippen LogP contribution in [0, 0.1) is 0 Å². The standard InChI is InChI=1S/C17H12ClF3N6O/c1-9(15-23-8-24-27(15)13-4-2-3-5-22-13)25-16-26-12-7-10(17(19,20)21)6-11(18)14(12)28-16/h2-9H,1H3,(H,25,26)/t9-/m0/s1. The summed E-state index contributed by atoms with van der Waals surface area (Å²) in [6.07, 6.45) is -1.53. The van der Waals surface area contributed by atoms with Gasteiger partial charge in [-0.1, -0.05) is 17.7 Å². The van der Waals surface area contributed by atoms with Crippen LogP contribution in [0.15, 0.2) is 47.3 Å². The van der Waals surface area contributed by atoms with Crippen LogP contribution < -0.4 is 5.32 Å². The first-order valence-electron chi connectivity index (χ1n) is 8.08. The van der Waals surface area contributed by atoms with Crippen LogP contribution in [0.1, 0.15) is 24.4 Å². The summed E-state index contributed by atoms with van der Waals surface area (Å²) in [7, 11) is 0. The van der Waals surface area contributed by atoms with Crippen LogP contribution in [0.25, 0.3) is 16.9 Å². The Hall–Kier alpha value is -3.14. The molecule has 3 heterocycles. The number of nitrogens with one attached hydrogen (secondary N) is 1. The highest BCUT2D eigenvalue weighted by Crippen LogP contribution is 2.36. The van der Waals surface area contributed by atoms with Gasteiger partial charge in [0.2, 0.25) is 0 Å². The van der Waals surface area contributed by atoms with E-state index >= 15 is 0 Å². The van der Waals surface area contributed by atoms with Gasteiger partial charge in [-0.2, -0.15) is 27.9 Å². The van der Waals surface area contributed by atoms with Gasteiger partial charge in [-0.15, -0.1) is 0 Å². The minimum atomic E-state index is -4.53. The monoisotopic (exact) mass is 408 g/mol. The Morgan fingerprint density at radius 1 is 1.21 bits per heavy atom. The molecule has 1 aromatic carbocycles. The Balaban J connectivity index is 1.64. The van der Waals surface area contributed by atoms with E-state index in [9.17, 15) is 13.2 Å². The molecule has 0 spiro atoms. The summed E-state index contributed by atoms with van der Waals surface area (Å²) in [4.78, 5) is 12.5. The summed E-state index contributed by atoms with van der Waals surface area (Å²) in [5, 5.41) is 6.94. The third-order valence-electron chi connectivity index (χ3n) is 3.94. The topological polar surface area (TPSA) is 81.7 Å². The Bertz CT molecular complexity index is 1130. The predicted octanol–water partition coefficient (Wildman–Crippen LogP) is 4.65. The van der Waals surface area contributed by atoms with E-state index < -0.39 is 17.8 Å². The quantitative estimate of drug-likeness (QED) is 0.529. The molecule has 0 aliphatic rings. The highest BCUT2D eigenvalue weighted by Gasteiger charge is 2.32. The molecular weight excluding hydrogens is 397 g/mol. The molecule has 28 heavy (non-hydrogen) atoms. The summed E-state index contributed by atoms with van der Waals surface area (Å²) >= 11 is 5.93. The van der Waals surface area contributed by atoms with Crippen LogP contribution in [0.5, 0.6) is 0 Å². The van der Waals surface area contributed by atoms with Gasteiger partial charge in [-0.05, 0) is 31.2 Å². The molecule has 0 unspecified atom stereocenters. The number of fused-ring (bicyclic) bond motifs is 1. The second-order valence-electron chi connectivity index (χ2n) is 5.91. The molecule has 4 rings (SSSR count). The van der Waals surface area contributed by atoms with Gasteiger partial charge in [0.05, 0.1) is 16.6 Å². The number of oxazole rings is 1. The zero-order chi connectivity index (χ0) is 19.9. The molecule has 11 heteroatoms. The molecule has 0 radical (unpaired) electrons. The van der Waals surface area contributed by atoms with E-state index in [2.05, 4.69) is 25.4 Å². The maximum atomic E-state index is 12.9. The molecule has 4 aromatic rings. The fourth-order valence-corrected chi connectivity index (χ4v) is 2.92. The summed E-state index contributed by atoms with van der Waals surface area (Å²) < 4.78 is 45.9. The van der Waals surface area contributed by atoms with E-state index in [0.717, 1.165) is 12.1 Å². The zero-order valence-electron chi connectivity index (χ0n) is 14.3.